The Labute approximate surface area is 114 Å². The van der Waals surface area contributed by atoms with E-state index in [-0.39, 0.29) is 17.6 Å². The van der Waals surface area contributed by atoms with Gasteiger partial charge in [0.25, 0.3) is 0 Å². The minimum atomic E-state index is -0.311. The van der Waals surface area contributed by atoms with Gasteiger partial charge in [0, 0.05) is 18.7 Å². The van der Waals surface area contributed by atoms with Crippen LogP contribution >= 0.6 is 0 Å². The highest BCUT2D eigenvalue weighted by atomic mass is 19.1. The van der Waals surface area contributed by atoms with E-state index >= 15 is 0 Å². The molecule has 3 nitrogen and oxygen atoms in total. The van der Waals surface area contributed by atoms with Crippen LogP contribution in [-0.2, 0) is 4.74 Å². The van der Waals surface area contributed by atoms with E-state index in [1.807, 2.05) is 6.07 Å². The van der Waals surface area contributed by atoms with Crippen molar-refractivity contribution in [3.63, 3.8) is 0 Å². The first-order chi connectivity index (χ1) is 9.10. The summed E-state index contributed by atoms with van der Waals surface area (Å²) in [5, 5.41) is 3.54. The summed E-state index contributed by atoms with van der Waals surface area (Å²) in [5.74, 6) is -0.0235. The van der Waals surface area contributed by atoms with Gasteiger partial charge in [-0.15, -0.1) is 0 Å². The molecule has 1 aromatic carbocycles. The number of methoxy groups -OCH3 is 1. The van der Waals surface area contributed by atoms with Gasteiger partial charge in [0.1, 0.15) is 0 Å². The fourth-order valence-electron chi connectivity index (χ4n) is 2.55. The van der Waals surface area contributed by atoms with Gasteiger partial charge in [-0.25, -0.2) is 4.39 Å². The molecule has 3 atom stereocenters. The zero-order valence-corrected chi connectivity index (χ0v) is 11.8. The summed E-state index contributed by atoms with van der Waals surface area (Å²) < 4.78 is 24.1. The summed E-state index contributed by atoms with van der Waals surface area (Å²) in [6.07, 6.45) is 2.31. The quantitative estimate of drug-likeness (QED) is 0.909. The minimum absolute atomic E-state index is 0.121. The Kier molecular flexibility index (Phi) is 4.77. The number of rotatable bonds is 4. The van der Waals surface area contributed by atoms with Crippen molar-refractivity contribution in [1.29, 1.82) is 0 Å². The molecule has 1 saturated heterocycles. The molecule has 0 radical (unpaired) electrons. The van der Waals surface area contributed by atoms with E-state index in [2.05, 4.69) is 19.2 Å². The Bertz CT molecular complexity index is 425. The molecule has 0 saturated carbocycles. The van der Waals surface area contributed by atoms with Gasteiger partial charge in [0.15, 0.2) is 11.6 Å². The number of benzene rings is 1. The molecule has 106 valence electrons. The van der Waals surface area contributed by atoms with Crippen LogP contribution in [0.15, 0.2) is 18.2 Å². The highest BCUT2D eigenvalue weighted by molar-refractivity contribution is 5.30. The first-order valence-corrected chi connectivity index (χ1v) is 6.81. The standard InChI is InChI=1S/C15H22FNO2/c1-10-8-13(6-7-19-10)17-11(2)12-4-5-15(18-3)14(16)9-12/h4-5,9-11,13,17H,6-8H2,1-3H3. The SMILES string of the molecule is COc1ccc(C(C)NC2CCOC(C)C2)cc1F. The fraction of sp³-hybridized carbons (Fsp3) is 0.600. The number of halogens is 1. The number of nitrogens with one attached hydrogen (secondary N) is 1. The first kappa shape index (κ1) is 14.3. The van der Waals surface area contributed by atoms with Crippen molar-refractivity contribution >= 4 is 0 Å². The molecular weight excluding hydrogens is 245 g/mol. The molecule has 3 unspecified atom stereocenters. The second-order valence-corrected chi connectivity index (χ2v) is 5.19. The highest BCUT2D eigenvalue weighted by Crippen LogP contribution is 2.23. The Morgan fingerprint density at radius 3 is 2.89 bits per heavy atom. The van der Waals surface area contributed by atoms with Crippen molar-refractivity contribution in [2.45, 2.75) is 44.9 Å². The van der Waals surface area contributed by atoms with Crippen molar-refractivity contribution < 1.29 is 13.9 Å². The normalized spacial score (nSPS) is 25.1. The average Bonchev–Trinajstić information content (AvgIpc) is 2.38. The molecule has 0 amide bonds. The molecular formula is C15H22FNO2. The molecule has 1 N–H and O–H groups in total. The van der Waals surface area contributed by atoms with E-state index in [9.17, 15) is 4.39 Å². The zero-order chi connectivity index (χ0) is 13.8. The van der Waals surface area contributed by atoms with E-state index in [0.29, 0.717) is 12.1 Å². The van der Waals surface area contributed by atoms with Crippen LogP contribution in [0.3, 0.4) is 0 Å². The molecule has 1 fully saturated rings. The first-order valence-electron chi connectivity index (χ1n) is 6.81. The van der Waals surface area contributed by atoms with Gasteiger partial charge in [-0.05, 0) is 44.4 Å². The Morgan fingerprint density at radius 2 is 2.26 bits per heavy atom. The van der Waals surface area contributed by atoms with Crippen molar-refractivity contribution in [3.8, 4) is 5.75 Å². The van der Waals surface area contributed by atoms with E-state index in [0.717, 1.165) is 25.0 Å². The summed E-state index contributed by atoms with van der Waals surface area (Å²) in [5.41, 5.74) is 0.942. The summed E-state index contributed by atoms with van der Waals surface area (Å²) in [4.78, 5) is 0. The average molecular weight is 267 g/mol. The molecule has 19 heavy (non-hydrogen) atoms. The molecule has 0 spiro atoms. The molecule has 1 heterocycles. The van der Waals surface area contributed by atoms with Crippen LogP contribution in [0.25, 0.3) is 0 Å². The van der Waals surface area contributed by atoms with E-state index < -0.39 is 0 Å². The van der Waals surface area contributed by atoms with E-state index in [1.54, 1.807) is 12.1 Å². The van der Waals surface area contributed by atoms with Crippen LogP contribution in [0.2, 0.25) is 0 Å². The van der Waals surface area contributed by atoms with Crippen LogP contribution in [0, 0.1) is 5.82 Å². The third kappa shape index (κ3) is 3.67. The Morgan fingerprint density at radius 1 is 1.47 bits per heavy atom. The lowest BCUT2D eigenvalue weighted by Gasteiger charge is -2.30. The smallest absolute Gasteiger partial charge is 0.165 e. The largest absolute Gasteiger partial charge is 0.494 e. The summed E-state index contributed by atoms with van der Waals surface area (Å²) in [6, 6.07) is 5.68. The second kappa shape index (κ2) is 6.35. The molecule has 1 aromatic rings. The van der Waals surface area contributed by atoms with Crippen molar-refractivity contribution in [1.82, 2.24) is 5.32 Å². The molecule has 1 aliphatic heterocycles. The maximum absolute atomic E-state index is 13.7. The predicted molar refractivity (Wildman–Crippen MR) is 72.9 cm³/mol. The summed E-state index contributed by atoms with van der Waals surface area (Å²) >= 11 is 0. The minimum Gasteiger partial charge on any atom is -0.494 e. The van der Waals surface area contributed by atoms with Crippen LogP contribution in [0.1, 0.15) is 38.3 Å². The zero-order valence-electron chi connectivity index (χ0n) is 11.8. The maximum Gasteiger partial charge on any atom is 0.165 e. The molecule has 0 aromatic heterocycles. The van der Waals surface area contributed by atoms with Crippen LogP contribution in [0.5, 0.6) is 5.75 Å². The van der Waals surface area contributed by atoms with Crippen molar-refractivity contribution in [2.24, 2.45) is 0 Å². The van der Waals surface area contributed by atoms with Gasteiger partial charge in [0.2, 0.25) is 0 Å². The lowest BCUT2D eigenvalue weighted by atomic mass is 10.0. The fourth-order valence-corrected chi connectivity index (χ4v) is 2.55. The number of hydrogen-bond donors (Lipinski definition) is 1. The van der Waals surface area contributed by atoms with Gasteiger partial charge in [0.05, 0.1) is 13.2 Å². The Hall–Kier alpha value is -1.13. The molecule has 2 rings (SSSR count). The lowest BCUT2D eigenvalue weighted by Crippen LogP contribution is -2.39. The van der Waals surface area contributed by atoms with E-state index in [1.165, 1.54) is 7.11 Å². The highest BCUT2D eigenvalue weighted by Gasteiger charge is 2.21. The molecule has 1 aliphatic rings. The van der Waals surface area contributed by atoms with Crippen LogP contribution in [0.4, 0.5) is 4.39 Å². The topological polar surface area (TPSA) is 30.5 Å². The predicted octanol–water partition coefficient (Wildman–Crippen LogP) is 3.05. The van der Waals surface area contributed by atoms with Crippen LogP contribution in [-0.4, -0.2) is 25.9 Å². The molecule has 0 bridgehead atoms. The monoisotopic (exact) mass is 267 g/mol. The van der Waals surface area contributed by atoms with Gasteiger partial charge in [-0.2, -0.15) is 0 Å². The summed E-state index contributed by atoms with van der Waals surface area (Å²) in [6.45, 7) is 4.94. The molecule has 0 aliphatic carbocycles. The molecule has 4 heteroatoms. The van der Waals surface area contributed by atoms with E-state index in [4.69, 9.17) is 9.47 Å². The summed E-state index contributed by atoms with van der Waals surface area (Å²) in [7, 11) is 1.48. The second-order valence-electron chi connectivity index (χ2n) is 5.19. The van der Waals surface area contributed by atoms with Crippen molar-refractivity contribution in [2.75, 3.05) is 13.7 Å². The van der Waals surface area contributed by atoms with Gasteiger partial charge < -0.3 is 14.8 Å². The van der Waals surface area contributed by atoms with Gasteiger partial charge >= 0.3 is 0 Å². The van der Waals surface area contributed by atoms with Crippen molar-refractivity contribution in [3.05, 3.63) is 29.6 Å². The number of hydrogen-bond acceptors (Lipinski definition) is 3. The van der Waals surface area contributed by atoms with Crippen LogP contribution < -0.4 is 10.1 Å². The van der Waals surface area contributed by atoms with Gasteiger partial charge in [-0.3, -0.25) is 0 Å². The third-order valence-corrected chi connectivity index (χ3v) is 3.65. The third-order valence-electron chi connectivity index (χ3n) is 3.65. The number of ether oxygens (including phenoxy) is 2. The maximum atomic E-state index is 13.7. The Balaban J connectivity index is 1.99. The van der Waals surface area contributed by atoms with Gasteiger partial charge in [-0.1, -0.05) is 6.07 Å². The lowest BCUT2D eigenvalue weighted by molar-refractivity contribution is 0.0116.